The second-order valence-corrected chi connectivity index (χ2v) is 8.18. The first kappa shape index (κ1) is 24.8. The number of hydrogen-bond donors (Lipinski definition) is 1. The van der Waals surface area contributed by atoms with Gasteiger partial charge in [0, 0.05) is 18.5 Å². The summed E-state index contributed by atoms with van der Waals surface area (Å²) in [6, 6.07) is 6.15. The summed E-state index contributed by atoms with van der Waals surface area (Å²) in [6.45, 7) is 2.65. The van der Waals surface area contributed by atoms with Gasteiger partial charge in [0.25, 0.3) is 0 Å². The van der Waals surface area contributed by atoms with Gasteiger partial charge in [-0.25, -0.2) is 4.39 Å². The molecular weight excluding hydrogens is 388 g/mol. The highest BCUT2D eigenvalue weighted by Gasteiger charge is 2.15. The van der Waals surface area contributed by atoms with E-state index >= 15 is 0 Å². The summed E-state index contributed by atoms with van der Waals surface area (Å²) < 4.78 is 12.9. The van der Waals surface area contributed by atoms with Gasteiger partial charge >= 0.3 is 0 Å². The van der Waals surface area contributed by atoms with Crippen LogP contribution in [0.3, 0.4) is 0 Å². The number of benzene rings is 1. The Morgan fingerprint density at radius 2 is 1.58 bits per heavy atom. The Hall–Kier alpha value is -2.49. The maximum atomic E-state index is 12.9. The third-order valence-corrected chi connectivity index (χ3v) is 5.52. The zero-order valence-electron chi connectivity index (χ0n) is 18.8. The maximum absolute atomic E-state index is 12.9. The number of rotatable bonds is 14. The fourth-order valence-corrected chi connectivity index (χ4v) is 3.63. The van der Waals surface area contributed by atoms with Crippen LogP contribution in [0.15, 0.2) is 59.7 Å². The van der Waals surface area contributed by atoms with Crippen LogP contribution in [0.5, 0.6) is 0 Å². The van der Waals surface area contributed by atoms with Crippen molar-refractivity contribution in [2.75, 3.05) is 0 Å². The van der Waals surface area contributed by atoms with Crippen LogP contribution >= 0.6 is 0 Å². The first-order valence-electron chi connectivity index (χ1n) is 11.7. The molecule has 0 unspecified atom stereocenters. The molecule has 0 saturated heterocycles. The Kier molecular flexibility index (Phi) is 11.6. The lowest BCUT2D eigenvalue weighted by Crippen LogP contribution is -2.22. The van der Waals surface area contributed by atoms with Crippen LogP contribution in [0.4, 0.5) is 4.39 Å². The molecule has 4 heteroatoms. The van der Waals surface area contributed by atoms with Crippen molar-refractivity contribution in [3.8, 4) is 0 Å². The lowest BCUT2D eigenvalue weighted by Gasteiger charge is -2.05. The second kappa shape index (κ2) is 14.5. The van der Waals surface area contributed by atoms with E-state index in [1.165, 1.54) is 44.2 Å². The molecule has 1 amide bonds. The van der Waals surface area contributed by atoms with Gasteiger partial charge in [0.15, 0.2) is 5.78 Å². The molecule has 168 valence electrons. The molecule has 2 rings (SSSR count). The van der Waals surface area contributed by atoms with Gasteiger partial charge in [-0.3, -0.25) is 9.59 Å². The average molecular weight is 425 g/mol. The fraction of sp³-hybridized carbons (Fsp3) is 0.481. The summed E-state index contributed by atoms with van der Waals surface area (Å²) >= 11 is 0. The molecule has 3 nitrogen and oxygen atoms in total. The zero-order chi connectivity index (χ0) is 22.3. The van der Waals surface area contributed by atoms with E-state index in [2.05, 4.69) is 24.4 Å². The summed E-state index contributed by atoms with van der Waals surface area (Å²) in [7, 11) is 0. The van der Waals surface area contributed by atoms with Crippen molar-refractivity contribution in [1.29, 1.82) is 0 Å². The van der Waals surface area contributed by atoms with E-state index in [0.29, 0.717) is 13.0 Å². The minimum absolute atomic E-state index is 0.0157. The summed E-state index contributed by atoms with van der Waals surface area (Å²) in [5.41, 5.74) is 2.80. The Labute approximate surface area is 186 Å². The van der Waals surface area contributed by atoms with Crippen LogP contribution in [0.2, 0.25) is 0 Å². The molecule has 0 atom stereocenters. The van der Waals surface area contributed by atoms with E-state index in [-0.39, 0.29) is 17.5 Å². The van der Waals surface area contributed by atoms with Crippen molar-refractivity contribution in [3.63, 3.8) is 0 Å². The predicted octanol–water partition coefficient (Wildman–Crippen LogP) is 6.74. The number of unbranched alkanes of at least 4 members (excludes halogenated alkanes) is 8. The fourth-order valence-electron chi connectivity index (χ4n) is 3.63. The Morgan fingerprint density at radius 3 is 2.32 bits per heavy atom. The third kappa shape index (κ3) is 9.91. The molecule has 0 aromatic heterocycles. The van der Waals surface area contributed by atoms with Crippen LogP contribution < -0.4 is 5.32 Å². The van der Waals surface area contributed by atoms with Crippen molar-refractivity contribution in [2.45, 2.75) is 84.1 Å². The van der Waals surface area contributed by atoms with Crippen LogP contribution in [0, 0.1) is 5.82 Å². The standard InChI is InChI=1S/C27H36FNO2/c1-2-3-4-5-6-9-12-23-17-20-26(30)25(23)13-10-7-8-11-14-27(31)29-21-22-15-18-24(28)19-16-22/h12-13,15-20H,2-11,14,21H2,1H3,(H,29,31)/b23-12-,25-13+/i28-1. The molecule has 0 heterocycles. The van der Waals surface area contributed by atoms with Gasteiger partial charge in [0.05, 0.1) is 0 Å². The van der Waals surface area contributed by atoms with Gasteiger partial charge in [0.1, 0.15) is 5.82 Å². The van der Waals surface area contributed by atoms with E-state index in [4.69, 9.17) is 0 Å². The first-order valence-corrected chi connectivity index (χ1v) is 11.7. The van der Waals surface area contributed by atoms with Crippen molar-refractivity contribution in [2.24, 2.45) is 0 Å². The molecule has 1 aliphatic rings. The van der Waals surface area contributed by atoms with Crippen LogP contribution in [0.1, 0.15) is 83.1 Å². The molecule has 0 bridgehead atoms. The van der Waals surface area contributed by atoms with E-state index in [1.54, 1.807) is 18.2 Å². The highest BCUT2D eigenvalue weighted by Crippen LogP contribution is 2.23. The Balaban J connectivity index is 1.60. The van der Waals surface area contributed by atoms with Crippen molar-refractivity contribution >= 4 is 11.7 Å². The lowest BCUT2D eigenvalue weighted by molar-refractivity contribution is -0.121. The number of hydrogen-bond acceptors (Lipinski definition) is 2. The zero-order valence-corrected chi connectivity index (χ0v) is 18.8. The number of carbonyl (C=O) groups is 2. The molecule has 1 aromatic rings. The molecule has 0 spiro atoms. The Morgan fingerprint density at radius 1 is 0.903 bits per heavy atom. The number of carbonyl (C=O) groups excluding carboxylic acids is 2. The predicted molar refractivity (Wildman–Crippen MR) is 125 cm³/mol. The van der Waals surface area contributed by atoms with Crippen molar-refractivity contribution in [1.82, 2.24) is 5.32 Å². The van der Waals surface area contributed by atoms with Crippen molar-refractivity contribution in [3.05, 3.63) is 71.1 Å². The molecule has 1 aromatic carbocycles. The minimum Gasteiger partial charge on any atom is -0.352 e. The van der Waals surface area contributed by atoms with Gasteiger partial charge in [-0.1, -0.05) is 69.4 Å². The number of nitrogens with one attached hydrogen (secondary N) is 1. The van der Waals surface area contributed by atoms with Gasteiger partial charge in [-0.2, -0.15) is 0 Å². The number of allylic oxidation sites excluding steroid dienone is 6. The SMILES string of the molecule is CCCCCCC/C=C1/C=CC(=O)/C1=C/CCCCCC(=O)NCc1ccc([18F])cc1. The summed E-state index contributed by atoms with van der Waals surface area (Å²) in [5, 5.41) is 2.87. The molecule has 1 N–H and O–H groups in total. The van der Waals surface area contributed by atoms with E-state index in [9.17, 15) is 14.0 Å². The van der Waals surface area contributed by atoms with E-state index < -0.39 is 0 Å². The van der Waals surface area contributed by atoms with Crippen LogP contribution in [0.25, 0.3) is 0 Å². The maximum Gasteiger partial charge on any atom is 0.220 e. The molecule has 1 aliphatic carbocycles. The molecule has 31 heavy (non-hydrogen) atoms. The average Bonchev–Trinajstić information content (AvgIpc) is 3.12. The van der Waals surface area contributed by atoms with Gasteiger partial charge in [-0.15, -0.1) is 0 Å². The highest BCUT2D eigenvalue weighted by molar-refractivity contribution is 6.11. The van der Waals surface area contributed by atoms with Crippen molar-refractivity contribution < 1.29 is 14.0 Å². The number of amides is 1. The smallest absolute Gasteiger partial charge is 0.220 e. The second-order valence-electron chi connectivity index (χ2n) is 8.18. The monoisotopic (exact) mass is 424 g/mol. The molecule has 0 fully saturated rings. The number of ketones is 1. The summed E-state index contributed by atoms with van der Waals surface area (Å²) in [5.74, 6) is -0.149. The Bertz CT molecular complexity index is 790. The summed E-state index contributed by atoms with van der Waals surface area (Å²) in [6.07, 6.45) is 19.3. The number of halogens is 1. The molecular formula is C27H36FNO2. The van der Waals surface area contributed by atoms with E-state index in [0.717, 1.165) is 48.8 Å². The molecule has 0 saturated carbocycles. The van der Waals surface area contributed by atoms with Crippen LogP contribution in [-0.4, -0.2) is 11.7 Å². The topological polar surface area (TPSA) is 46.2 Å². The van der Waals surface area contributed by atoms with E-state index in [1.807, 2.05) is 6.08 Å². The normalized spacial score (nSPS) is 15.9. The summed E-state index contributed by atoms with van der Waals surface area (Å²) in [4.78, 5) is 24.0. The highest BCUT2D eigenvalue weighted by atomic mass is 18.2. The quantitative estimate of drug-likeness (QED) is 0.265. The van der Waals surface area contributed by atoms with Gasteiger partial charge in [0.2, 0.25) is 5.91 Å². The van der Waals surface area contributed by atoms with Gasteiger partial charge < -0.3 is 5.32 Å². The molecule has 0 aliphatic heterocycles. The third-order valence-electron chi connectivity index (χ3n) is 5.52. The van der Waals surface area contributed by atoms with Gasteiger partial charge in [-0.05, 0) is 61.4 Å². The largest absolute Gasteiger partial charge is 0.352 e. The molecule has 0 radical (unpaired) electrons. The first-order chi connectivity index (χ1) is 15.1. The lowest BCUT2D eigenvalue weighted by atomic mass is 10.0. The van der Waals surface area contributed by atoms with Crippen LogP contribution in [-0.2, 0) is 16.1 Å². The minimum atomic E-state index is -0.273.